The molecule has 0 fully saturated rings. The number of hydrogen-bond acceptors (Lipinski definition) is 6. The highest BCUT2D eigenvalue weighted by atomic mass is 35.5. The number of benzene rings is 1. The predicted octanol–water partition coefficient (Wildman–Crippen LogP) is 1.82. The van der Waals surface area contributed by atoms with Gasteiger partial charge in [-0.05, 0) is 18.9 Å². The lowest BCUT2D eigenvalue weighted by Crippen LogP contribution is -2.49. The minimum Gasteiger partial charge on any atom is -0.490 e. The monoisotopic (exact) mass is 367 g/mol. The largest absolute Gasteiger partial charge is 0.490 e. The van der Waals surface area contributed by atoms with Gasteiger partial charge in [-0.3, -0.25) is 10.1 Å². The van der Waals surface area contributed by atoms with Gasteiger partial charge in [-0.15, -0.1) is 12.4 Å². The summed E-state index contributed by atoms with van der Waals surface area (Å²) in [5, 5.41) is 10.8. The zero-order valence-corrected chi connectivity index (χ0v) is 14.9. The normalized spacial score (nSPS) is 11.7. The minimum absolute atomic E-state index is 0. The third-order valence-electron chi connectivity index (χ3n) is 3.68. The van der Waals surface area contributed by atoms with Crippen molar-refractivity contribution < 1.29 is 18.1 Å². The maximum Gasteiger partial charge on any atom is 0.310 e. The Hall–Kier alpha value is -1.42. The zero-order chi connectivity index (χ0) is 17.0. The van der Waals surface area contributed by atoms with Crippen molar-refractivity contribution in [3.63, 3.8) is 0 Å². The lowest BCUT2D eigenvalue weighted by molar-refractivity contribution is -0.385. The van der Waals surface area contributed by atoms with Crippen LogP contribution in [0.1, 0.15) is 26.7 Å². The lowest BCUT2D eigenvalue weighted by Gasteiger charge is -2.26. The first kappa shape index (κ1) is 21.6. The molecule has 0 atom stereocenters. The van der Waals surface area contributed by atoms with Crippen LogP contribution < -0.4 is 15.2 Å². The number of nitro benzene ring substituents is 1. The summed E-state index contributed by atoms with van der Waals surface area (Å²) in [7, 11) is -2.58. The van der Waals surface area contributed by atoms with E-state index in [2.05, 4.69) is 4.72 Å². The van der Waals surface area contributed by atoms with E-state index in [4.69, 9.17) is 10.5 Å². The van der Waals surface area contributed by atoms with Crippen LogP contribution in [-0.4, -0.2) is 32.5 Å². The number of sulfonamides is 1. The molecular formula is C13H22ClN3O5S. The van der Waals surface area contributed by atoms with Crippen LogP contribution in [0.3, 0.4) is 0 Å². The molecule has 0 aromatic heterocycles. The Labute approximate surface area is 142 Å². The van der Waals surface area contributed by atoms with Crippen LogP contribution in [0.5, 0.6) is 5.75 Å². The van der Waals surface area contributed by atoms with E-state index in [1.807, 2.05) is 13.8 Å². The molecule has 10 heteroatoms. The fourth-order valence-electron chi connectivity index (χ4n) is 1.80. The third-order valence-corrected chi connectivity index (χ3v) is 5.08. The molecule has 0 aliphatic carbocycles. The highest BCUT2D eigenvalue weighted by Crippen LogP contribution is 2.29. The number of nitrogens with one attached hydrogen (secondary N) is 1. The molecule has 1 aromatic rings. The first-order valence-electron chi connectivity index (χ1n) is 6.80. The molecule has 0 amide bonds. The van der Waals surface area contributed by atoms with Crippen molar-refractivity contribution in [1.82, 2.24) is 4.72 Å². The Morgan fingerprint density at radius 1 is 1.35 bits per heavy atom. The van der Waals surface area contributed by atoms with Gasteiger partial charge in [0.15, 0.2) is 5.75 Å². The number of methoxy groups -OCH3 is 1. The minimum atomic E-state index is -3.82. The molecule has 0 saturated carbocycles. The maximum absolute atomic E-state index is 12.3. The van der Waals surface area contributed by atoms with Crippen LogP contribution in [-0.2, 0) is 10.0 Å². The van der Waals surface area contributed by atoms with Crippen LogP contribution in [0.25, 0.3) is 0 Å². The second-order valence-electron chi connectivity index (χ2n) is 4.98. The lowest BCUT2D eigenvalue weighted by atomic mass is 9.95. The van der Waals surface area contributed by atoms with Crippen molar-refractivity contribution in [1.29, 1.82) is 0 Å². The zero-order valence-electron chi connectivity index (χ0n) is 13.2. The van der Waals surface area contributed by atoms with E-state index in [1.165, 1.54) is 13.2 Å². The Morgan fingerprint density at radius 2 is 1.91 bits per heavy atom. The van der Waals surface area contributed by atoms with Gasteiger partial charge in [0.25, 0.3) is 0 Å². The highest BCUT2D eigenvalue weighted by molar-refractivity contribution is 7.89. The smallest absolute Gasteiger partial charge is 0.310 e. The van der Waals surface area contributed by atoms with E-state index in [1.54, 1.807) is 0 Å². The Kier molecular flexibility index (Phi) is 7.92. The molecule has 0 radical (unpaired) electrons. The molecule has 0 aliphatic rings. The van der Waals surface area contributed by atoms with E-state index in [0.717, 1.165) is 12.1 Å². The highest BCUT2D eigenvalue weighted by Gasteiger charge is 2.25. The summed E-state index contributed by atoms with van der Waals surface area (Å²) in [6, 6.07) is 3.39. The van der Waals surface area contributed by atoms with Crippen LogP contribution in [0.4, 0.5) is 5.69 Å². The number of nitrogens with two attached hydrogens (primary N) is 1. The topological polar surface area (TPSA) is 125 Å². The number of nitrogens with zero attached hydrogens (tertiary/aromatic N) is 1. The third kappa shape index (κ3) is 5.31. The van der Waals surface area contributed by atoms with Gasteiger partial charge in [0.2, 0.25) is 10.0 Å². The number of nitro groups is 1. The van der Waals surface area contributed by atoms with Gasteiger partial charge in [-0.2, -0.15) is 0 Å². The van der Waals surface area contributed by atoms with Crippen LogP contribution >= 0.6 is 12.4 Å². The number of ether oxygens (including phenoxy) is 1. The summed E-state index contributed by atoms with van der Waals surface area (Å²) >= 11 is 0. The first-order valence-corrected chi connectivity index (χ1v) is 8.28. The van der Waals surface area contributed by atoms with Crippen LogP contribution in [0, 0.1) is 10.1 Å². The number of halogens is 1. The van der Waals surface area contributed by atoms with Gasteiger partial charge in [0.1, 0.15) is 0 Å². The Morgan fingerprint density at radius 3 is 2.35 bits per heavy atom. The number of hydrogen-bond donors (Lipinski definition) is 2. The molecule has 0 spiro atoms. The Bertz CT molecular complexity index is 647. The quantitative estimate of drug-likeness (QED) is 0.533. The van der Waals surface area contributed by atoms with Crippen molar-refractivity contribution in [2.24, 2.45) is 5.73 Å². The van der Waals surface area contributed by atoms with Crippen LogP contribution in [0.2, 0.25) is 0 Å². The van der Waals surface area contributed by atoms with E-state index < -0.39 is 20.5 Å². The molecule has 8 nitrogen and oxygen atoms in total. The molecule has 3 N–H and O–H groups in total. The van der Waals surface area contributed by atoms with E-state index in [-0.39, 0.29) is 35.3 Å². The van der Waals surface area contributed by atoms with Gasteiger partial charge >= 0.3 is 5.69 Å². The standard InChI is InChI=1S/C13H21N3O5S.ClH/c1-4-13(14,5-2)9-15-22(19,20)10-6-7-11(16(17)18)12(8-10)21-3;/h6-8,15H,4-5,9,14H2,1-3H3;1H. The second-order valence-corrected chi connectivity index (χ2v) is 6.75. The fourth-order valence-corrected chi connectivity index (χ4v) is 2.95. The number of rotatable bonds is 8. The van der Waals surface area contributed by atoms with Crippen molar-refractivity contribution in [3.8, 4) is 5.75 Å². The fraction of sp³-hybridized carbons (Fsp3) is 0.538. The Balaban J connectivity index is 0.00000484. The summed E-state index contributed by atoms with van der Waals surface area (Å²) in [4.78, 5) is 10.1. The summed E-state index contributed by atoms with van der Waals surface area (Å²) in [6.07, 6.45) is 1.24. The van der Waals surface area contributed by atoms with E-state index >= 15 is 0 Å². The second kappa shape index (κ2) is 8.44. The molecule has 1 rings (SSSR count). The summed E-state index contributed by atoms with van der Waals surface area (Å²) < 4.78 is 31.8. The van der Waals surface area contributed by atoms with Crippen molar-refractivity contribution in [3.05, 3.63) is 28.3 Å². The van der Waals surface area contributed by atoms with E-state index in [0.29, 0.717) is 12.8 Å². The molecule has 0 aliphatic heterocycles. The molecule has 1 aromatic carbocycles. The van der Waals surface area contributed by atoms with Gasteiger partial charge in [0.05, 0.1) is 16.9 Å². The molecule has 0 saturated heterocycles. The first-order chi connectivity index (χ1) is 10.2. The SMILES string of the molecule is CCC(N)(CC)CNS(=O)(=O)c1ccc([N+](=O)[O-])c(OC)c1.Cl. The van der Waals surface area contributed by atoms with Gasteiger partial charge in [0, 0.05) is 24.2 Å². The van der Waals surface area contributed by atoms with Gasteiger partial charge in [-0.25, -0.2) is 13.1 Å². The summed E-state index contributed by atoms with van der Waals surface area (Å²) in [5.41, 5.74) is 5.14. The maximum atomic E-state index is 12.3. The molecule has 0 heterocycles. The average molecular weight is 368 g/mol. The van der Waals surface area contributed by atoms with Crippen molar-refractivity contribution >= 4 is 28.1 Å². The summed E-state index contributed by atoms with van der Waals surface area (Å²) in [5.74, 6) is -0.113. The molecular weight excluding hydrogens is 346 g/mol. The predicted molar refractivity (Wildman–Crippen MR) is 89.6 cm³/mol. The molecule has 23 heavy (non-hydrogen) atoms. The average Bonchev–Trinajstić information content (AvgIpc) is 2.51. The van der Waals surface area contributed by atoms with E-state index in [9.17, 15) is 18.5 Å². The molecule has 0 bridgehead atoms. The van der Waals surface area contributed by atoms with Crippen molar-refractivity contribution in [2.45, 2.75) is 37.1 Å². The summed E-state index contributed by atoms with van der Waals surface area (Å²) in [6.45, 7) is 3.85. The van der Waals surface area contributed by atoms with Gasteiger partial charge < -0.3 is 10.5 Å². The molecule has 0 unspecified atom stereocenters. The van der Waals surface area contributed by atoms with Crippen molar-refractivity contribution in [2.75, 3.05) is 13.7 Å². The van der Waals surface area contributed by atoms with Crippen LogP contribution in [0.15, 0.2) is 23.1 Å². The van der Waals surface area contributed by atoms with Gasteiger partial charge in [-0.1, -0.05) is 13.8 Å². The molecule has 132 valence electrons.